The van der Waals surface area contributed by atoms with Crippen LogP contribution in [0.15, 0.2) is 78.0 Å². The van der Waals surface area contributed by atoms with E-state index in [-0.39, 0.29) is 5.91 Å². The largest absolute Gasteiger partial charge is 0.493 e. The minimum atomic E-state index is -0.574. The highest BCUT2D eigenvalue weighted by Crippen LogP contribution is 2.39. The zero-order chi connectivity index (χ0) is 25.9. The zero-order valence-electron chi connectivity index (χ0n) is 21.1. The molecule has 1 aliphatic rings. The number of aryl methyl sites for hydroxylation is 2. The van der Waals surface area contributed by atoms with Crippen molar-refractivity contribution in [1.29, 1.82) is 0 Å². The van der Waals surface area contributed by atoms with Gasteiger partial charge in [0.1, 0.15) is 12.6 Å². The summed E-state index contributed by atoms with van der Waals surface area (Å²) < 4.78 is 13.4. The lowest BCUT2D eigenvalue weighted by Crippen LogP contribution is -2.31. The van der Waals surface area contributed by atoms with E-state index >= 15 is 0 Å². The number of anilines is 2. The van der Waals surface area contributed by atoms with Gasteiger partial charge in [-0.1, -0.05) is 53.6 Å². The molecule has 3 aromatic carbocycles. The maximum atomic E-state index is 13.6. The third kappa shape index (κ3) is 4.75. The third-order valence-corrected chi connectivity index (χ3v) is 6.50. The van der Waals surface area contributed by atoms with Crippen LogP contribution in [0.2, 0.25) is 0 Å². The Labute approximate surface area is 215 Å². The van der Waals surface area contributed by atoms with Crippen LogP contribution in [0.3, 0.4) is 0 Å². The Balaban J connectivity index is 1.49. The summed E-state index contributed by atoms with van der Waals surface area (Å²) >= 11 is 0. The molecule has 2 heterocycles. The standard InChI is InChI=1S/C28H28N6O3/c1-17-9-5-7-11-21(17)16-37-23-14-13-20(15-24(23)36-4)26-25(19(3)29-28-31-32-33-34(26)28)27(35)30-22-12-8-6-10-18(22)2/h5-15,26H,16H2,1-4H3,(H,30,35)(H,29,31,33). The van der Waals surface area contributed by atoms with Crippen LogP contribution < -0.4 is 20.1 Å². The first-order valence-corrected chi connectivity index (χ1v) is 11.9. The van der Waals surface area contributed by atoms with Crippen LogP contribution in [0.25, 0.3) is 0 Å². The molecule has 1 unspecified atom stereocenters. The summed E-state index contributed by atoms with van der Waals surface area (Å²) in [7, 11) is 1.59. The predicted molar refractivity (Wildman–Crippen MR) is 141 cm³/mol. The van der Waals surface area contributed by atoms with E-state index in [1.54, 1.807) is 11.8 Å². The number of hydrogen-bond acceptors (Lipinski definition) is 7. The molecule has 188 valence electrons. The van der Waals surface area contributed by atoms with Crippen LogP contribution in [0.4, 0.5) is 11.6 Å². The molecule has 0 fully saturated rings. The van der Waals surface area contributed by atoms with Crippen LogP contribution in [0.5, 0.6) is 11.5 Å². The number of hydrogen-bond donors (Lipinski definition) is 2. The second-order valence-corrected chi connectivity index (χ2v) is 8.91. The first-order valence-electron chi connectivity index (χ1n) is 11.9. The summed E-state index contributed by atoms with van der Waals surface area (Å²) in [6, 6.07) is 20.8. The summed E-state index contributed by atoms with van der Waals surface area (Å²) in [5, 5.41) is 18.3. The Morgan fingerprint density at radius 2 is 1.76 bits per heavy atom. The van der Waals surface area contributed by atoms with E-state index in [2.05, 4.69) is 39.1 Å². The molecule has 4 aromatic rings. The first kappa shape index (κ1) is 24.1. The molecule has 1 amide bonds. The van der Waals surface area contributed by atoms with Crippen LogP contribution in [0, 0.1) is 13.8 Å². The number of nitrogens with zero attached hydrogens (tertiary/aromatic N) is 4. The quantitative estimate of drug-likeness (QED) is 0.379. The van der Waals surface area contributed by atoms with Crippen molar-refractivity contribution in [2.75, 3.05) is 17.7 Å². The van der Waals surface area contributed by atoms with Gasteiger partial charge in [-0.25, -0.2) is 0 Å². The number of methoxy groups -OCH3 is 1. The van der Waals surface area contributed by atoms with Crippen LogP contribution in [-0.4, -0.2) is 33.2 Å². The van der Waals surface area contributed by atoms with Crippen molar-refractivity contribution in [3.8, 4) is 11.5 Å². The molecule has 9 nitrogen and oxygen atoms in total. The lowest BCUT2D eigenvalue weighted by atomic mass is 9.94. The Bertz CT molecular complexity index is 1490. The van der Waals surface area contributed by atoms with Gasteiger partial charge in [-0.05, 0) is 71.7 Å². The van der Waals surface area contributed by atoms with Gasteiger partial charge < -0.3 is 20.1 Å². The Hall–Kier alpha value is -4.66. The van der Waals surface area contributed by atoms with Gasteiger partial charge in [-0.15, -0.1) is 0 Å². The molecular formula is C28H28N6O3. The van der Waals surface area contributed by atoms with Gasteiger partial charge >= 0.3 is 0 Å². The van der Waals surface area contributed by atoms with Gasteiger partial charge in [0.05, 0.1) is 12.7 Å². The zero-order valence-corrected chi connectivity index (χ0v) is 21.1. The fourth-order valence-corrected chi connectivity index (χ4v) is 4.42. The summed E-state index contributed by atoms with van der Waals surface area (Å²) in [6.07, 6.45) is 0. The Morgan fingerprint density at radius 1 is 1.00 bits per heavy atom. The second-order valence-electron chi connectivity index (χ2n) is 8.91. The van der Waals surface area contributed by atoms with Gasteiger partial charge in [0.2, 0.25) is 5.95 Å². The molecular weight excluding hydrogens is 468 g/mol. The molecule has 9 heteroatoms. The highest BCUT2D eigenvalue weighted by Gasteiger charge is 2.34. The maximum absolute atomic E-state index is 13.6. The van der Waals surface area contributed by atoms with Gasteiger partial charge in [-0.3, -0.25) is 4.79 Å². The summed E-state index contributed by atoms with van der Waals surface area (Å²) in [6.45, 7) is 6.26. The number of tetrazole rings is 1. The van der Waals surface area contributed by atoms with Gasteiger partial charge in [0.15, 0.2) is 11.5 Å². The number of rotatable bonds is 7. The number of allylic oxidation sites excluding steroid dienone is 1. The second kappa shape index (κ2) is 10.1. The number of amides is 1. The van der Waals surface area contributed by atoms with Crippen molar-refractivity contribution in [2.24, 2.45) is 0 Å². The summed E-state index contributed by atoms with van der Waals surface area (Å²) in [5.74, 6) is 1.36. The van der Waals surface area contributed by atoms with Crippen molar-refractivity contribution < 1.29 is 14.3 Å². The topological polar surface area (TPSA) is 103 Å². The molecule has 0 spiro atoms. The average Bonchev–Trinajstić information content (AvgIpc) is 3.36. The molecule has 0 aliphatic carbocycles. The number of para-hydroxylation sites is 1. The third-order valence-electron chi connectivity index (χ3n) is 6.50. The van der Waals surface area contributed by atoms with E-state index in [9.17, 15) is 4.79 Å². The molecule has 1 aliphatic heterocycles. The number of fused-ring (bicyclic) bond motifs is 1. The van der Waals surface area contributed by atoms with E-state index in [4.69, 9.17) is 9.47 Å². The van der Waals surface area contributed by atoms with Crippen LogP contribution in [-0.2, 0) is 11.4 Å². The molecule has 0 saturated heterocycles. The number of ether oxygens (including phenoxy) is 2. The fourth-order valence-electron chi connectivity index (χ4n) is 4.42. The average molecular weight is 497 g/mol. The lowest BCUT2D eigenvalue weighted by Gasteiger charge is -2.28. The molecule has 5 rings (SSSR count). The number of aromatic nitrogens is 4. The van der Waals surface area contributed by atoms with Crippen molar-refractivity contribution >= 4 is 17.5 Å². The minimum absolute atomic E-state index is 0.246. The first-order chi connectivity index (χ1) is 18.0. The lowest BCUT2D eigenvalue weighted by molar-refractivity contribution is -0.113. The smallest absolute Gasteiger partial charge is 0.255 e. The molecule has 0 bridgehead atoms. The normalized spacial score (nSPS) is 14.5. The van der Waals surface area contributed by atoms with E-state index in [1.165, 1.54) is 0 Å². The Kier molecular flexibility index (Phi) is 6.59. The molecule has 37 heavy (non-hydrogen) atoms. The SMILES string of the molecule is COc1cc(C2C(C(=O)Nc3ccccc3C)=C(C)Nc3nnnn32)ccc1OCc1ccccc1C. The van der Waals surface area contributed by atoms with Crippen molar-refractivity contribution in [3.05, 3.63) is 100 Å². The summed E-state index contributed by atoms with van der Waals surface area (Å²) in [5.41, 5.74) is 5.91. The predicted octanol–water partition coefficient (Wildman–Crippen LogP) is 4.81. The molecule has 1 atom stereocenters. The minimum Gasteiger partial charge on any atom is -0.493 e. The van der Waals surface area contributed by atoms with Crippen molar-refractivity contribution in [3.63, 3.8) is 0 Å². The van der Waals surface area contributed by atoms with E-state index in [0.29, 0.717) is 35.3 Å². The molecule has 0 saturated carbocycles. The summed E-state index contributed by atoms with van der Waals surface area (Å²) in [4.78, 5) is 13.6. The molecule has 0 radical (unpaired) electrons. The van der Waals surface area contributed by atoms with Crippen LogP contribution >= 0.6 is 0 Å². The maximum Gasteiger partial charge on any atom is 0.255 e. The van der Waals surface area contributed by atoms with Gasteiger partial charge in [0.25, 0.3) is 5.91 Å². The number of carbonyl (C=O) groups is 1. The highest BCUT2D eigenvalue weighted by atomic mass is 16.5. The highest BCUT2D eigenvalue weighted by molar-refractivity contribution is 6.06. The monoisotopic (exact) mass is 496 g/mol. The van der Waals surface area contributed by atoms with Crippen molar-refractivity contribution in [1.82, 2.24) is 20.2 Å². The van der Waals surface area contributed by atoms with Gasteiger partial charge in [-0.2, -0.15) is 4.68 Å². The number of nitrogens with one attached hydrogen (secondary N) is 2. The fraction of sp³-hybridized carbons (Fsp3) is 0.214. The molecule has 2 N–H and O–H groups in total. The van der Waals surface area contributed by atoms with Crippen LogP contribution in [0.1, 0.15) is 35.2 Å². The number of carbonyl (C=O) groups excluding carboxylic acids is 1. The van der Waals surface area contributed by atoms with E-state index in [1.807, 2.05) is 74.5 Å². The van der Waals surface area contributed by atoms with E-state index < -0.39 is 6.04 Å². The molecule has 1 aromatic heterocycles. The number of benzene rings is 3. The van der Waals surface area contributed by atoms with Gasteiger partial charge in [0, 0.05) is 11.4 Å². The van der Waals surface area contributed by atoms with Crippen molar-refractivity contribution in [2.45, 2.75) is 33.4 Å². The van der Waals surface area contributed by atoms with E-state index in [0.717, 1.165) is 27.9 Å². The Morgan fingerprint density at radius 3 is 2.51 bits per heavy atom.